The van der Waals surface area contributed by atoms with Crippen molar-refractivity contribution in [3.05, 3.63) is 0 Å². The molecule has 0 saturated carbocycles. The Morgan fingerprint density at radius 3 is 0.900 bits per heavy atom. The largest absolute Gasteiger partial charge is 0.421 e. The van der Waals surface area contributed by atoms with E-state index in [1.54, 1.807) is 0 Å². The molecule has 0 radical (unpaired) electrons. The highest BCUT2D eigenvalue weighted by Crippen LogP contribution is 2.21. The van der Waals surface area contributed by atoms with Crippen LogP contribution < -0.4 is 0 Å². The third kappa shape index (κ3) is 9.73. The Morgan fingerprint density at radius 2 is 0.800 bits per heavy atom. The number of hydrogen-bond acceptors (Lipinski definition) is 0. The molecule has 10 heavy (non-hydrogen) atoms. The average Bonchev–Trinajstić information content (AvgIpc) is 1.57. The van der Waals surface area contributed by atoms with Gasteiger partial charge in [0.2, 0.25) is 0 Å². The molecule has 0 bridgehead atoms. The minimum atomic E-state index is -2.93. The molecule has 0 nitrogen and oxygen atoms in total. The Morgan fingerprint density at radius 1 is 0.600 bits per heavy atom. The van der Waals surface area contributed by atoms with E-state index in [1.165, 1.54) is 0 Å². The van der Waals surface area contributed by atoms with Crippen LogP contribution >= 0.6 is 66.5 Å². The van der Waals surface area contributed by atoms with Gasteiger partial charge in [0, 0.05) is 0 Å². The van der Waals surface area contributed by atoms with Crippen molar-refractivity contribution in [1.29, 1.82) is 0 Å². The Labute approximate surface area is 88.9 Å². The van der Waals surface area contributed by atoms with Crippen molar-refractivity contribution in [2.24, 2.45) is 0 Å². The van der Waals surface area contributed by atoms with Crippen LogP contribution in [-0.4, -0.2) is 12.0 Å². The van der Waals surface area contributed by atoms with Crippen LogP contribution in [0.3, 0.4) is 0 Å². The van der Waals surface area contributed by atoms with Crippen molar-refractivity contribution in [3.63, 3.8) is 0 Å². The summed E-state index contributed by atoms with van der Waals surface area (Å²) >= 11 is 32.3. The molecule has 58 valence electrons. The predicted octanol–water partition coefficient (Wildman–Crippen LogP) is 3.38. The molecule has 0 aromatic heterocycles. The normalized spacial score (nSPS) is 12.2. The zero-order valence-electron chi connectivity index (χ0n) is 4.27. The summed E-state index contributed by atoms with van der Waals surface area (Å²) in [5.74, 6) is 0. The van der Waals surface area contributed by atoms with Gasteiger partial charge in [0.25, 0.3) is 0 Å². The first-order chi connectivity index (χ1) is 4.21. The summed E-state index contributed by atoms with van der Waals surface area (Å²) in [6.45, 7) is 0. The second-order valence-electron chi connectivity index (χ2n) is 1.25. The zero-order valence-corrected chi connectivity index (χ0v) is 10.8. The number of hydrogen-bond donors (Lipinski definition) is 0. The molecule has 0 aromatic carbocycles. The molecular weight excluding hydrogens is 293 g/mol. The van der Waals surface area contributed by atoms with Gasteiger partial charge in [-0.15, -0.1) is 66.5 Å². The minimum absolute atomic E-state index is 2.31. The molecule has 0 aliphatic heterocycles. The summed E-state index contributed by atoms with van der Waals surface area (Å²) in [6.07, 6.45) is 0. The van der Waals surface area contributed by atoms with Gasteiger partial charge in [-0.25, -0.2) is 0 Å². The molecule has 8 heteroatoms. The van der Waals surface area contributed by atoms with Crippen LogP contribution in [0.25, 0.3) is 0 Å². The fourth-order valence-corrected chi connectivity index (χ4v) is 3.83. The highest BCUT2D eigenvalue weighted by atomic mass is 35.8. The van der Waals surface area contributed by atoms with Gasteiger partial charge in [-0.05, 0) is 0 Å². The van der Waals surface area contributed by atoms with Gasteiger partial charge in [0.1, 0.15) is 0 Å². The van der Waals surface area contributed by atoms with Crippen molar-refractivity contribution in [1.82, 2.24) is 0 Å². The Bertz CT molecular complexity index is 147. The topological polar surface area (TPSA) is 0 Å². The molecule has 0 heterocycles. The quantitative estimate of drug-likeness (QED) is 0.365. The van der Waals surface area contributed by atoms with Crippen molar-refractivity contribution < 1.29 is 0 Å². The fourth-order valence-electron chi connectivity index (χ4n) is 0.142. The monoisotopic (exact) mass is 290 g/mol. The number of rotatable bonds is 0. The molecule has 0 atom stereocenters. The van der Waals surface area contributed by atoms with E-state index in [1.807, 2.05) is 0 Å². The molecule has 0 aliphatic rings. The highest BCUT2D eigenvalue weighted by molar-refractivity contribution is 7.70. The van der Waals surface area contributed by atoms with Gasteiger partial charge in [-0.1, -0.05) is 11.1 Å². The van der Waals surface area contributed by atoms with Gasteiger partial charge < -0.3 is 0 Å². The zero-order chi connectivity index (χ0) is 8.41. The van der Waals surface area contributed by atoms with E-state index in [4.69, 9.17) is 66.5 Å². The van der Waals surface area contributed by atoms with Crippen LogP contribution in [0, 0.1) is 11.1 Å². The lowest BCUT2D eigenvalue weighted by molar-refractivity contribution is 2.80. The van der Waals surface area contributed by atoms with Crippen LogP contribution in [0.15, 0.2) is 0 Å². The third-order valence-corrected chi connectivity index (χ3v) is 3.11. The van der Waals surface area contributed by atoms with Gasteiger partial charge >= 0.3 is 12.0 Å². The molecule has 0 fully saturated rings. The van der Waals surface area contributed by atoms with Gasteiger partial charge in [0.15, 0.2) is 0 Å². The average molecular weight is 293 g/mol. The molecular formula is C2Cl6Si2. The van der Waals surface area contributed by atoms with Crippen LogP contribution in [0.1, 0.15) is 0 Å². The maximum atomic E-state index is 5.38. The van der Waals surface area contributed by atoms with E-state index in [-0.39, 0.29) is 0 Å². The minimum Gasteiger partial charge on any atom is -0.113 e. The summed E-state index contributed by atoms with van der Waals surface area (Å²) in [5.41, 5.74) is 4.63. The molecule has 0 saturated heterocycles. The molecule has 0 rings (SSSR count). The fraction of sp³-hybridized carbons (Fsp3) is 0. The van der Waals surface area contributed by atoms with Gasteiger partial charge in [-0.2, -0.15) is 0 Å². The van der Waals surface area contributed by atoms with E-state index in [2.05, 4.69) is 11.1 Å². The first-order valence-electron chi connectivity index (χ1n) is 1.88. The predicted molar refractivity (Wildman–Crippen MR) is 54.4 cm³/mol. The SMILES string of the molecule is Cl[Si](Cl)(Cl)C#C[Si](Cl)(Cl)Cl. The second kappa shape index (κ2) is 4.11. The molecule has 0 spiro atoms. The maximum Gasteiger partial charge on any atom is 0.421 e. The van der Waals surface area contributed by atoms with Crippen LogP contribution in [0.4, 0.5) is 0 Å². The summed E-state index contributed by atoms with van der Waals surface area (Å²) in [4.78, 5) is 0. The van der Waals surface area contributed by atoms with E-state index < -0.39 is 12.0 Å². The standard InChI is InChI=1S/C2Cl6Si2/c3-9(4,5)1-2-10(6,7)8. The highest BCUT2D eigenvalue weighted by Gasteiger charge is 2.26. The summed E-state index contributed by atoms with van der Waals surface area (Å²) < 4.78 is 0. The Kier molecular flexibility index (Phi) is 4.82. The lowest BCUT2D eigenvalue weighted by Crippen LogP contribution is -2.11. The van der Waals surface area contributed by atoms with E-state index in [0.717, 1.165) is 0 Å². The maximum absolute atomic E-state index is 5.38. The molecule has 0 aromatic rings. The molecule has 0 unspecified atom stereocenters. The second-order valence-corrected chi connectivity index (χ2v) is 17.4. The Balaban J connectivity index is 4.19. The van der Waals surface area contributed by atoms with Crippen molar-refractivity contribution in [2.75, 3.05) is 0 Å². The smallest absolute Gasteiger partial charge is 0.113 e. The lowest BCUT2D eigenvalue weighted by atomic mass is 11.4. The molecule has 0 aliphatic carbocycles. The first-order valence-corrected chi connectivity index (χ1v) is 12.0. The van der Waals surface area contributed by atoms with E-state index >= 15 is 0 Å². The third-order valence-electron chi connectivity index (χ3n) is 0.346. The van der Waals surface area contributed by atoms with Crippen molar-refractivity contribution in [2.45, 2.75) is 0 Å². The van der Waals surface area contributed by atoms with Crippen molar-refractivity contribution in [3.8, 4) is 11.1 Å². The summed E-state index contributed by atoms with van der Waals surface area (Å²) in [7, 11) is 0. The van der Waals surface area contributed by atoms with Crippen LogP contribution in [0.5, 0.6) is 0 Å². The van der Waals surface area contributed by atoms with Gasteiger partial charge in [-0.3, -0.25) is 0 Å². The van der Waals surface area contributed by atoms with E-state index in [0.29, 0.717) is 0 Å². The van der Waals surface area contributed by atoms with Gasteiger partial charge in [0.05, 0.1) is 0 Å². The summed E-state index contributed by atoms with van der Waals surface area (Å²) in [6, 6.07) is -5.86. The molecule has 0 amide bonds. The lowest BCUT2D eigenvalue weighted by Gasteiger charge is -1.96. The number of halogens is 6. The van der Waals surface area contributed by atoms with Crippen LogP contribution in [-0.2, 0) is 0 Å². The first kappa shape index (κ1) is 11.7. The van der Waals surface area contributed by atoms with Crippen molar-refractivity contribution >= 4 is 78.5 Å². The Hall–Kier alpha value is 1.73. The van der Waals surface area contributed by atoms with Crippen LogP contribution in [0.2, 0.25) is 0 Å². The van der Waals surface area contributed by atoms with E-state index in [9.17, 15) is 0 Å². The molecule has 0 N–H and O–H groups in total. The summed E-state index contributed by atoms with van der Waals surface area (Å²) in [5, 5.41) is 0.